The molecule has 3 fully saturated rings. The van der Waals surface area contributed by atoms with Gasteiger partial charge in [0.15, 0.2) is 0 Å². The number of nitrogens with one attached hydrogen (secondary N) is 3. The fraction of sp³-hybridized carbons (Fsp3) is 0.591. The van der Waals surface area contributed by atoms with Gasteiger partial charge in [-0.25, -0.2) is 0 Å². The zero-order valence-corrected chi connectivity index (χ0v) is 34.6. The summed E-state index contributed by atoms with van der Waals surface area (Å²) in [7, 11) is 0. The van der Waals surface area contributed by atoms with E-state index in [0.717, 1.165) is 75.4 Å². The predicted molar refractivity (Wildman–Crippen MR) is 216 cm³/mol. The maximum Gasteiger partial charge on any atom is 0.573 e. The average molecular weight is 875 g/mol. The molecule has 6 rings (SSSR count). The van der Waals surface area contributed by atoms with Gasteiger partial charge in [-0.05, 0) is 142 Å². The van der Waals surface area contributed by atoms with Crippen LogP contribution in [0, 0.1) is 11.8 Å². The smallest absolute Gasteiger partial charge is 0.406 e. The Morgan fingerprint density at radius 1 is 0.627 bits per heavy atom. The first-order valence-electron chi connectivity index (χ1n) is 20.7. The second kappa shape index (κ2) is 21.9. The third kappa shape index (κ3) is 15.1. The van der Waals surface area contributed by atoms with Crippen LogP contribution in [0.3, 0.4) is 0 Å². The van der Waals surface area contributed by atoms with Crippen molar-refractivity contribution < 1.29 is 45.3 Å². The SMILES string of the molecule is FC(F)(F)Oc1ccc(COCCC2CC(C(CC3CC(C(CC4CCCCN4)OCc4ccc(Cl)c(Cl)c4)CCN3)OCc3cccc(C(F)(F)F)c3)CCN2)cc1. The van der Waals surface area contributed by atoms with Crippen molar-refractivity contribution in [1.29, 1.82) is 0 Å². The lowest BCUT2D eigenvalue weighted by molar-refractivity contribution is -0.274. The van der Waals surface area contributed by atoms with E-state index in [1.54, 1.807) is 24.3 Å². The second-order valence-electron chi connectivity index (χ2n) is 16.2. The van der Waals surface area contributed by atoms with E-state index in [-0.39, 0.29) is 49.2 Å². The van der Waals surface area contributed by atoms with Crippen LogP contribution in [0.5, 0.6) is 5.75 Å². The van der Waals surface area contributed by atoms with Gasteiger partial charge < -0.3 is 34.9 Å². The van der Waals surface area contributed by atoms with Crippen LogP contribution < -0.4 is 20.7 Å². The monoisotopic (exact) mass is 873 g/mol. The van der Waals surface area contributed by atoms with Gasteiger partial charge in [-0.15, -0.1) is 13.2 Å². The van der Waals surface area contributed by atoms with Gasteiger partial charge in [0.2, 0.25) is 0 Å². The lowest BCUT2D eigenvalue weighted by atomic mass is 9.79. The van der Waals surface area contributed by atoms with Crippen LogP contribution in [0.4, 0.5) is 26.3 Å². The number of piperidine rings is 3. The zero-order valence-electron chi connectivity index (χ0n) is 33.1. The minimum Gasteiger partial charge on any atom is -0.406 e. The van der Waals surface area contributed by atoms with Crippen molar-refractivity contribution in [3.8, 4) is 5.75 Å². The molecule has 3 aromatic carbocycles. The first-order valence-corrected chi connectivity index (χ1v) is 21.5. The van der Waals surface area contributed by atoms with Crippen molar-refractivity contribution >= 4 is 23.2 Å². The summed E-state index contributed by atoms with van der Waals surface area (Å²) in [6.07, 6.45) is -0.0747. The highest BCUT2D eigenvalue weighted by Gasteiger charge is 2.36. The lowest BCUT2D eigenvalue weighted by Gasteiger charge is -2.41. The van der Waals surface area contributed by atoms with Gasteiger partial charge in [-0.1, -0.05) is 60.0 Å². The molecule has 7 nitrogen and oxygen atoms in total. The molecule has 0 saturated carbocycles. The van der Waals surface area contributed by atoms with E-state index in [1.807, 2.05) is 12.1 Å². The van der Waals surface area contributed by atoms with E-state index in [4.69, 9.17) is 37.4 Å². The molecule has 3 aliphatic heterocycles. The molecule has 3 aromatic rings. The number of rotatable bonds is 18. The van der Waals surface area contributed by atoms with Crippen LogP contribution >= 0.6 is 23.2 Å². The molecule has 59 heavy (non-hydrogen) atoms. The number of halogens is 8. The summed E-state index contributed by atoms with van der Waals surface area (Å²) in [6.45, 7) is 3.77. The Hall–Kier alpha value is -2.62. The van der Waals surface area contributed by atoms with Crippen LogP contribution in [-0.2, 0) is 40.2 Å². The zero-order chi connectivity index (χ0) is 41.8. The Bertz CT molecular complexity index is 1730. The highest BCUT2D eigenvalue weighted by Crippen LogP contribution is 2.35. The van der Waals surface area contributed by atoms with E-state index < -0.39 is 18.1 Å². The van der Waals surface area contributed by atoms with E-state index in [2.05, 4.69) is 20.7 Å². The first-order chi connectivity index (χ1) is 28.3. The number of hydrogen-bond donors (Lipinski definition) is 3. The van der Waals surface area contributed by atoms with Crippen LogP contribution in [0.15, 0.2) is 66.7 Å². The van der Waals surface area contributed by atoms with E-state index in [1.165, 1.54) is 37.1 Å². The number of alkyl halides is 6. The molecule has 0 radical (unpaired) electrons. The molecule has 3 N–H and O–H groups in total. The second-order valence-corrected chi connectivity index (χ2v) is 17.0. The Balaban J connectivity index is 1.09. The molecule has 0 amide bonds. The third-order valence-electron chi connectivity index (χ3n) is 11.8. The molecule has 15 heteroatoms. The summed E-state index contributed by atoms with van der Waals surface area (Å²) in [4.78, 5) is 0. The molecule has 3 saturated heterocycles. The Labute approximate surface area is 353 Å². The Morgan fingerprint density at radius 3 is 1.90 bits per heavy atom. The largest absolute Gasteiger partial charge is 0.573 e. The molecule has 7 atom stereocenters. The summed E-state index contributed by atoms with van der Waals surface area (Å²) in [5.74, 6) is 0.166. The fourth-order valence-corrected chi connectivity index (χ4v) is 9.03. The summed E-state index contributed by atoms with van der Waals surface area (Å²) in [6, 6.07) is 17.2. The van der Waals surface area contributed by atoms with Gasteiger partial charge in [0.05, 0.1) is 47.6 Å². The number of hydrogen-bond acceptors (Lipinski definition) is 7. The molecular formula is C44H55Cl2F6N3O4. The summed E-state index contributed by atoms with van der Waals surface area (Å²) >= 11 is 12.5. The number of ether oxygens (including phenoxy) is 4. The predicted octanol–water partition coefficient (Wildman–Crippen LogP) is 10.6. The molecule has 0 bridgehead atoms. The fourth-order valence-electron chi connectivity index (χ4n) is 8.71. The maximum absolute atomic E-state index is 13.6. The molecule has 3 heterocycles. The molecular weight excluding hydrogens is 819 g/mol. The first kappa shape index (κ1) is 45.9. The van der Waals surface area contributed by atoms with E-state index in [0.29, 0.717) is 53.6 Å². The highest BCUT2D eigenvalue weighted by molar-refractivity contribution is 6.42. The number of benzene rings is 3. The van der Waals surface area contributed by atoms with Gasteiger partial charge in [0.25, 0.3) is 0 Å². The van der Waals surface area contributed by atoms with E-state index in [9.17, 15) is 26.3 Å². The Kier molecular flexibility index (Phi) is 17.1. The minimum absolute atomic E-state index is 0.0172. The van der Waals surface area contributed by atoms with Gasteiger partial charge >= 0.3 is 12.5 Å². The highest BCUT2D eigenvalue weighted by atomic mass is 35.5. The van der Waals surface area contributed by atoms with Crippen LogP contribution in [0.25, 0.3) is 0 Å². The van der Waals surface area contributed by atoms with Crippen LogP contribution in [0.2, 0.25) is 10.0 Å². The quantitative estimate of drug-likeness (QED) is 0.0869. The molecule has 0 spiro atoms. The molecule has 326 valence electrons. The van der Waals surface area contributed by atoms with Gasteiger partial charge in [0.1, 0.15) is 5.75 Å². The Morgan fingerprint density at radius 2 is 1.25 bits per heavy atom. The normalized spacial score (nSPS) is 24.1. The summed E-state index contributed by atoms with van der Waals surface area (Å²) in [5, 5.41) is 12.0. The lowest BCUT2D eigenvalue weighted by Crippen LogP contribution is -2.48. The van der Waals surface area contributed by atoms with Gasteiger partial charge in [-0.2, -0.15) is 13.2 Å². The van der Waals surface area contributed by atoms with E-state index >= 15 is 0 Å². The van der Waals surface area contributed by atoms with Gasteiger partial charge in [-0.3, -0.25) is 0 Å². The molecule has 7 unspecified atom stereocenters. The summed E-state index contributed by atoms with van der Waals surface area (Å²) in [5.41, 5.74) is 1.48. The van der Waals surface area contributed by atoms with Crippen LogP contribution in [-0.4, -0.2) is 62.9 Å². The topological polar surface area (TPSA) is 73.0 Å². The van der Waals surface area contributed by atoms with Crippen molar-refractivity contribution in [3.63, 3.8) is 0 Å². The van der Waals surface area contributed by atoms with Crippen molar-refractivity contribution in [1.82, 2.24) is 16.0 Å². The van der Waals surface area contributed by atoms with Gasteiger partial charge in [0, 0.05) is 24.7 Å². The molecule has 0 aliphatic carbocycles. The minimum atomic E-state index is -4.75. The molecule has 0 aromatic heterocycles. The third-order valence-corrected chi connectivity index (χ3v) is 12.5. The van der Waals surface area contributed by atoms with Crippen molar-refractivity contribution in [3.05, 3.63) is 99.0 Å². The van der Waals surface area contributed by atoms with Crippen molar-refractivity contribution in [2.45, 2.75) is 127 Å². The van der Waals surface area contributed by atoms with Crippen LogP contribution in [0.1, 0.15) is 86.5 Å². The van der Waals surface area contributed by atoms with Crippen molar-refractivity contribution in [2.75, 3.05) is 26.2 Å². The maximum atomic E-state index is 13.6. The average Bonchev–Trinajstić information content (AvgIpc) is 3.21. The standard InChI is InChI=1S/C44H55Cl2F6N3O4/c45-39-12-9-31(21-40(39)46)28-58-41(24-35-6-1-2-16-53-35)33-14-18-55-37(23-33)25-42(57-27-30-4-3-5-34(20-30)43(47,48)49)32-13-17-54-36(22-32)15-19-56-26-29-7-10-38(11-8-29)59-44(50,51)52/h3-5,7-12,20-21,32-33,35-37,41-42,53-55H,1-2,6,13-19,22-28H2. The van der Waals surface area contributed by atoms with Crippen molar-refractivity contribution in [2.24, 2.45) is 11.8 Å². The molecule has 3 aliphatic rings. The summed E-state index contributed by atoms with van der Waals surface area (Å²) < 4.78 is 102.